The summed E-state index contributed by atoms with van der Waals surface area (Å²) < 4.78 is 47.5. The molecule has 0 aliphatic carbocycles. The van der Waals surface area contributed by atoms with Crippen molar-refractivity contribution in [1.29, 1.82) is 0 Å². The quantitative estimate of drug-likeness (QED) is 0.647. The van der Waals surface area contributed by atoms with Crippen LogP contribution in [-0.4, -0.2) is 67.1 Å². The molecule has 1 aliphatic heterocycles. The van der Waals surface area contributed by atoms with Crippen LogP contribution in [0.5, 0.6) is 0 Å². The number of nitrogens with zero attached hydrogens (tertiary/aromatic N) is 3. The van der Waals surface area contributed by atoms with Gasteiger partial charge < -0.3 is 19.0 Å². The highest BCUT2D eigenvalue weighted by Crippen LogP contribution is 2.37. The van der Waals surface area contributed by atoms with Crippen molar-refractivity contribution in [3.05, 3.63) is 35.5 Å². The maximum atomic E-state index is 14.4. The molecular weight excluding hydrogens is 436 g/mol. The Morgan fingerprint density at radius 1 is 1.25 bits per heavy atom. The average molecular weight is 470 g/mol. The van der Waals surface area contributed by atoms with Crippen molar-refractivity contribution in [3.63, 3.8) is 0 Å². The molecule has 178 valence electrons. The summed E-state index contributed by atoms with van der Waals surface area (Å²) in [6, 6.07) is 2.33. The van der Waals surface area contributed by atoms with E-state index in [-0.39, 0.29) is 35.1 Å². The number of aliphatic hydroxyl groups excluding tert-OH is 1. The van der Waals surface area contributed by atoms with Gasteiger partial charge in [-0.15, -0.1) is 5.10 Å². The maximum absolute atomic E-state index is 14.4. The number of halogens is 2. The van der Waals surface area contributed by atoms with E-state index in [1.807, 2.05) is 0 Å². The molecule has 32 heavy (non-hydrogen) atoms. The van der Waals surface area contributed by atoms with E-state index in [1.54, 1.807) is 0 Å². The molecule has 1 aliphatic rings. The summed E-state index contributed by atoms with van der Waals surface area (Å²) >= 11 is 0. The lowest BCUT2D eigenvalue weighted by molar-refractivity contribution is -0.173. The molecule has 1 fully saturated rings. The minimum Gasteiger partial charge on any atom is -0.414 e. The fourth-order valence-electron chi connectivity index (χ4n) is 3.43. The van der Waals surface area contributed by atoms with Crippen LogP contribution in [0, 0.1) is 18.6 Å². The highest BCUT2D eigenvalue weighted by molar-refractivity contribution is 6.74. The molecule has 1 aromatic carbocycles. The Hall–Kier alpha value is -1.72. The summed E-state index contributed by atoms with van der Waals surface area (Å²) in [6.07, 6.45) is -0.581. The first-order chi connectivity index (χ1) is 14.9. The van der Waals surface area contributed by atoms with E-state index in [0.717, 1.165) is 0 Å². The van der Waals surface area contributed by atoms with Crippen LogP contribution in [0.1, 0.15) is 32.4 Å². The minimum absolute atomic E-state index is 0.00711. The van der Waals surface area contributed by atoms with Crippen LogP contribution in [0.25, 0.3) is 11.3 Å². The summed E-state index contributed by atoms with van der Waals surface area (Å²) in [5.41, 5.74) is 0.388. The Bertz CT molecular complexity index is 948. The average Bonchev–Trinajstić information content (AvgIpc) is 3.19. The molecule has 1 saturated heterocycles. The number of ether oxygens (including phenoxy) is 2. The summed E-state index contributed by atoms with van der Waals surface area (Å²) in [5.74, 6) is -1.89. The van der Waals surface area contributed by atoms with Crippen LogP contribution in [0.15, 0.2) is 18.3 Å². The zero-order valence-electron chi connectivity index (χ0n) is 19.7. The standard InChI is InChI=1S/C22H33F2N3O4Si/c1-13-8-9-14(19(24)18(13)23)15-10-27(26-25-15)20-16(29-5)11-30-17(21(20)28)12-31-32(6,7)22(2,3)4/h8-10,16-17,20-21,28H,11-12H2,1-7H3. The summed E-state index contributed by atoms with van der Waals surface area (Å²) in [4.78, 5) is 0. The Kier molecular flexibility index (Phi) is 7.21. The first kappa shape index (κ1) is 24.9. The second-order valence-corrected chi connectivity index (χ2v) is 14.6. The van der Waals surface area contributed by atoms with Gasteiger partial charge in [0.25, 0.3) is 0 Å². The molecular formula is C22H33F2N3O4Si. The lowest BCUT2D eigenvalue weighted by Gasteiger charge is -2.42. The number of aliphatic hydroxyl groups is 1. The van der Waals surface area contributed by atoms with Crippen LogP contribution in [0.2, 0.25) is 18.1 Å². The Labute approximate surface area is 188 Å². The third-order valence-corrected chi connectivity index (χ3v) is 11.2. The molecule has 1 N–H and O–H groups in total. The molecule has 2 aromatic rings. The Morgan fingerprint density at radius 3 is 2.56 bits per heavy atom. The number of hydrogen-bond donors (Lipinski definition) is 1. The van der Waals surface area contributed by atoms with Crippen molar-refractivity contribution in [2.45, 2.75) is 70.2 Å². The van der Waals surface area contributed by atoms with Gasteiger partial charge in [0.2, 0.25) is 0 Å². The number of rotatable bonds is 6. The van der Waals surface area contributed by atoms with Gasteiger partial charge in [-0.3, -0.25) is 0 Å². The van der Waals surface area contributed by atoms with Crippen LogP contribution < -0.4 is 0 Å². The van der Waals surface area contributed by atoms with Gasteiger partial charge in [0.15, 0.2) is 20.0 Å². The van der Waals surface area contributed by atoms with Gasteiger partial charge in [0.05, 0.1) is 19.4 Å². The van der Waals surface area contributed by atoms with Crippen molar-refractivity contribution >= 4 is 8.32 Å². The van der Waals surface area contributed by atoms with Crippen molar-refractivity contribution in [2.75, 3.05) is 20.3 Å². The second kappa shape index (κ2) is 9.26. The lowest BCUT2D eigenvalue weighted by Crippen LogP contribution is -2.54. The largest absolute Gasteiger partial charge is 0.414 e. The van der Waals surface area contributed by atoms with Crippen LogP contribution in [0.3, 0.4) is 0 Å². The second-order valence-electron chi connectivity index (χ2n) is 9.84. The van der Waals surface area contributed by atoms with Crippen molar-refractivity contribution in [2.24, 2.45) is 0 Å². The topological polar surface area (TPSA) is 78.6 Å². The molecule has 2 heterocycles. The highest BCUT2D eigenvalue weighted by atomic mass is 28.4. The smallest absolute Gasteiger partial charge is 0.192 e. The molecule has 7 nitrogen and oxygen atoms in total. The molecule has 0 bridgehead atoms. The normalized spacial score (nSPS) is 24.7. The fourth-order valence-corrected chi connectivity index (χ4v) is 4.45. The van der Waals surface area contributed by atoms with E-state index in [4.69, 9.17) is 13.9 Å². The van der Waals surface area contributed by atoms with Gasteiger partial charge in [-0.2, -0.15) is 0 Å². The van der Waals surface area contributed by atoms with Crippen LogP contribution in [-0.2, 0) is 13.9 Å². The fraction of sp³-hybridized carbons (Fsp3) is 0.636. The van der Waals surface area contributed by atoms with Gasteiger partial charge >= 0.3 is 0 Å². The van der Waals surface area contributed by atoms with Gasteiger partial charge in [-0.25, -0.2) is 13.5 Å². The van der Waals surface area contributed by atoms with E-state index in [9.17, 15) is 13.9 Å². The summed E-state index contributed by atoms with van der Waals surface area (Å²) in [5, 5.41) is 19.2. The summed E-state index contributed by atoms with van der Waals surface area (Å²) in [7, 11) is -0.515. The SMILES string of the molecule is COC1COC(CO[Si](C)(C)C(C)(C)C)C(O)C1n1cc(-c2ccc(C)c(F)c2F)nn1. The molecule has 4 atom stereocenters. The van der Waals surface area contributed by atoms with E-state index in [1.165, 1.54) is 37.0 Å². The zero-order valence-corrected chi connectivity index (χ0v) is 20.7. The minimum atomic E-state index is -2.04. The van der Waals surface area contributed by atoms with Crippen molar-refractivity contribution in [1.82, 2.24) is 15.0 Å². The molecule has 10 heteroatoms. The number of hydrogen-bond acceptors (Lipinski definition) is 6. The predicted octanol–water partition coefficient (Wildman–Crippen LogP) is 3.87. The Balaban J connectivity index is 1.83. The molecule has 0 spiro atoms. The number of benzene rings is 1. The van der Waals surface area contributed by atoms with Crippen molar-refractivity contribution in [3.8, 4) is 11.3 Å². The molecule has 4 unspecified atom stereocenters. The monoisotopic (exact) mass is 469 g/mol. The predicted molar refractivity (Wildman–Crippen MR) is 119 cm³/mol. The van der Waals surface area contributed by atoms with Crippen LogP contribution in [0.4, 0.5) is 8.78 Å². The highest BCUT2D eigenvalue weighted by Gasteiger charge is 2.44. The van der Waals surface area contributed by atoms with Gasteiger partial charge in [0.1, 0.15) is 30.0 Å². The van der Waals surface area contributed by atoms with Gasteiger partial charge in [-0.1, -0.05) is 32.1 Å². The molecule has 3 rings (SSSR count). The molecule has 0 amide bonds. The first-order valence-electron chi connectivity index (χ1n) is 10.7. The maximum Gasteiger partial charge on any atom is 0.192 e. The number of methoxy groups -OCH3 is 1. The number of aryl methyl sites for hydroxylation is 1. The van der Waals surface area contributed by atoms with Gasteiger partial charge in [0, 0.05) is 12.7 Å². The molecule has 0 saturated carbocycles. The van der Waals surface area contributed by atoms with Crippen LogP contribution >= 0.6 is 0 Å². The van der Waals surface area contributed by atoms with E-state index < -0.39 is 44.3 Å². The zero-order chi connectivity index (χ0) is 23.8. The Morgan fingerprint density at radius 2 is 1.94 bits per heavy atom. The van der Waals surface area contributed by atoms with E-state index in [0.29, 0.717) is 0 Å². The molecule has 1 aromatic heterocycles. The lowest BCUT2D eigenvalue weighted by atomic mass is 9.97. The third-order valence-electron chi connectivity index (χ3n) is 6.67. The van der Waals surface area contributed by atoms with Crippen molar-refractivity contribution < 1.29 is 27.8 Å². The van der Waals surface area contributed by atoms with E-state index in [2.05, 4.69) is 44.2 Å². The summed E-state index contributed by atoms with van der Waals surface area (Å²) in [6.45, 7) is 12.7. The molecule has 0 radical (unpaired) electrons. The first-order valence-corrected chi connectivity index (χ1v) is 13.6. The third kappa shape index (κ3) is 4.79. The number of aromatic nitrogens is 3. The van der Waals surface area contributed by atoms with E-state index >= 15 is 0 Å². The van der Waals surface area contributed by atoms with Gasteiger partial charge in [-0.05, 0) is 36.7 Å².